The van der Waals surface area contributed by atoms with Crippen LogP contribution >= 0.6 is 15.9 Å². The van der Waals surface area contributed by atoms with Crippen LogP contribution in [0.2, 0.25) is 0 Å². The second kappa shape index (κ2) is 6.59. The molecule has 0 bridgehead atoms. The molecule has 132 valence electrons. The lowest BCUT2D eigenvalue weighted by Crippen LogP contribution is -2.63. The van der Waals surface area contributed by atoms with Crippen molar-refractivity contribution in [2.75, 3.05) is 26.7 Å². The number of halogens is 1. The van der Waals surface area contributed by atoms with Gasteiger partial charge in [0.2, 0.25) is 0 Å². The van der Waals surface area contributed by atoms with Gasteiger partial charge < -0.3 is 14.1 Å². The predicted octanol–water partition coefficient (Wildman–Crippen LogP) is 3.16. The first-order chi connectivity index (χ1) is 12.0. The highest BCUT2D eigenvalue weighted by Gasteiger charge is 2.52. The van der Waals surface area contributed by atoms with Crippen LogP contribution in [0.3, 0.4) is 0 Å². The van der Waals surface area contributed by atoms with E-state index in [0.29, 0.717) is 29.6 Å². The number of amides is 1. The van der Waals surface area contributed by atoms with Crippen LogP contribution in [0.5, 0.6) is 0 Å². The molecule has 1 unspecified atom stereocenters. The van der Waals surface area contributed by atoms with Gasteiger partial charge in [-0.05, 0) is 47.1 Å². The summed E-state index contributed by atoms with van der Waals surface area (Å²) in [5, 5.41) is 0. The molecular weight excluding hydrogens is 384 g/mol. The van der Waals surface area contributed by atoms with Crippen LogP contribution in [-0.2, 0) is 11.3 Å². The fraction of sp³-hybridized carbons (Fsp3) is 0.421. The van der Waals surface area contributed by atoms with Crippen molar-refractivity contribution in [3.63, 3.8) is 0 Å². The van der Waals surface area contributed by atoms with E-state index >= 15 is 0 Å². The summed E-state index contributed by atoms with van der Waals surface area (Å²) in [4.78, 5) is 16.5. The molecule has 0 aliphatic carbocycles. The molecule has 2 aliphatic heterocycles. The van der Waals surface area contributed by atoms with Gasteiger partial charge in [-0.2, -0.15) is 0 Å². The van der Waals surface area contributed by atoms with E-state index in [1.54, 1.807) is 17.0 Å². The summed E-state index contributed by atoms with van der Waals surface area (Å²) in [5.74, 6) is 0.304. The van der Waals surface area contributed by atoms with Gasteiger partial charge >= 0.3 is 0 Å². The number of hydrogen-bond donors (Lipinski definition) is 0. The fourth-order valence-electron chi connectivity index (χ4n) is 3.70. The van der Waals surface area contributed by atoms with E-state index < -0.39 is 0 Å². The molecule has 25 heavy (non-hydrogen) atoms. The molecule has 0 radical (unpaired) electrons. The van der Waals surface area contributed by atoms with Crippen molar-refractivity contribution in [2.24, 2.45) is 0 Å². The van der Waals surface area contributed by atoms with Crippen LogP contribution < -0.4 is 0 Å². The first-order valence-corrected chi connectivity index (χ1v) is 9.27. The van der Waals surface area contributed by atoms with Crippen molar-refractivity contribution in [1.82, 2.24) is 9.80 Å². The molecule has 2 saturated heterocycles. The van der Waals surface area contributed by atoms with Crippen molar-refractivity contribution in [3.05, 3.63) is 58.5 Å². The van der Waals surface area contributed by atoms with Crippen molar-refractivity contribution in [3.8, 4) is 0 Å². The zero-order valence-corrected chi connectivity index (χ0v) is 15.7. The third-order valence-corrected chi connectivity index (χ3v) is 5.54. The molecule has 0 N–H and O–H groups in total. The van der Waals surface area contributed by atoms with Crippen LogP contribution in [0, 0.1) is 0 Å². The maximum Gasteiger partial charge on any atom is 0.289 e. The SMILES string of the molecule is CN(Cc1ccccc1)C1COC2(C1)CN(C(=O)c1ccc(Br)o1)C2. The second-order valence-corrected chi connectivity index (χ2v) is 7.80. The Kier molecular flexibility index (Phi) is 4.43. The van der Waals surface area contributed by atoms with E-state index in [9.17, 15) is 4.79 Å². The van der Waals surface area contributed by atoms with Crippen molar-refractivity contribution in [2.45, 2.75) is 24.6 Å². The Hall–Kier alpha value is -1.63. The number of furan rings is 1. The molecular formula is C19H21BrN2O3. The lowest BCUT2D eigenvalue weighted by molar-refractivity contribution is -0.0957. The van der Waals surface area contributed by atoms with E-state index in [2.05, 4.69) is 52.1 Å². The molecule has 1 amide bonds. The number of rotatable bonds is 4. The third-order valence-electron chi connectivity index (χ3n) is 5.12. The number of likely N-dealkylation sites (N-methyl/N-ethyl adjacent to an activating group) is 1. The topological polar surface area (TPSA) is 45.9 Å². The minimum Gasteiger partial charge on any atom is -0.444 e. The lowest BCUT2D eigenvalue weighted by Gasteiger charge is -2.46. The van der Waals surface area contributed by atoms with Gasteiger partial charge in [-0.1, -0.05) is 30.3 Å². The van der Waals surface area contributed by atoms with E-state index in [-0.39, 0.29) is 11.5 Å². The van der Waals surface area contributed by atoms with Gasteiger partial charge in [0.1, 0.15) is 5.60 Å². The summed E-state index contributed by atoms with van der Waals surface area (Å²) in [6.07, 6.45) is 0.960. The highest BCUT2D eigenvalue weighted by Crippen LogP contribution is 2.37. The van der Waals surface area contributed by atoms with Crippen molar-refractivity contribution in [1.29, 1.82) is 0 Å². The fourth-order valence-corrected chi connectivity index (χ4v) is 4.01. The summed E-state index contributed by atoms with van der Waals surface area (Å²) in [5.41, 5.74) is 1.12. The minimum atomic E-state index is -0.185. The van der Waals surface area contributed by atoms with Crippen LogP contribution in [0.15, 0.2) is 51.6 Å². The Labute approximate surface area is 155 Å². The number of carbonyl (C=O) groups excluding carboxylic acids is 1. The molecule has 3 heterocycles. The minimum absolute atomic E-state index is 0.0685. The Morgan fingerprint density at radius 3 is 2.72 bits per heavy atom. The summed E-state index contributed by atoms with van der Waals surface area (Å²) in [6, 6.07) is 14.3. The molecule has 6 heteroatoms. The molecule has 1 spiro atoms. The Balaban J connectivity index is 1.32. The quantitative estimate of drug-likeness (QED) is 0.784. The second-order valence-electron chi connectivity index (χ2n) is 7.02. The zero-order chi connectivity index (χ0) is 17.4. The van der Waals surface area contributed by atoms with E-state index in [1.165, 1.54) is 5.56 Å². The summed E-state index contributed by atoms with van der Waals surface area (Å²) < 4.78 is 12.0. The van der Waals surface area contributed by atoms with Gasteiger partial charge in [0.25, 0.3) is 5.91 Å². The molecule has 1 aromatic heterocycles. The number of ether oxygens (including phenoxy) is 1. The molecule has 4 rings (SSSR count). The van der Waals surface area contributed by atoms with Gasteiger partial charge in [-0.3, -0.25) is 9.69 Å². The third kappa shape index (κ3) is 3.38. The molecule has 1 aromatic carbocycles. The Morgan fingerprint density at radius 1 is 1.28 bits per heavy atom. The Bertz CT molecular complexity index is 755. The molecule has 5 nitrogen and oxygen atoms in total. The normalized spacial score (nSPS) is 21.7. The number of likely N-dealkylation sites (tertiary alicyclic amines) is 1. The van der Waals surface area contributed by atoms with E-state index in [4.69, 9.17) is 9.15 Å². The lowest BCUT2D eigenvalue weighted by atomic mass is 9.88. The first kappa shape index (κ1) is 16.8. The average molecular weight is 405 g/mol. The standard InChI is InChI=1S/C19H21BrN2O3/c1-21(10-14-5-3-2-4-6-14)15-9-19(24-11-15)12-22(13-19)18(23)16-7-8-17(20)25-16/h2-8,15H,9-13H2,1H3. The van der Waals surface area contributed by atoms with Crippen molar-refractivity contribution >= 4 is 21.8 Å². The molecule has 2 aromatic rings. The van der Waals surface area contributed by atoms with Crippen LogP contribution in [0.25, 0.3) is 0 Å². The smallest absolute Gasteiger partial charge is 0.289 e. The van der Waals surface area contributed by atoms with Gasteiger partial charge in [-0.15, -0.1) is 0 Å². The summed E-state index contributed by atoms with van der Waals surface area (Å²) in [7, 11) is 2.14. The van der Waals surface area contributed by atoms with E-state index in [0.717, 1.165) is 19.6 Å². The van der Waals surface area contributed by atoms with Gasteiger partial charge in [0.05, 0.1) is 19.7 Å². The predicted molar refractivity (Wildman–Crippen MR) is 97.3 cm³/mol. The molecule has 1 atom stereocenters. The monoisotopic (exact) mass is 404 g/mol. The molecule has 2 fully saturated rings. The maximum atomic E-state index is 12.4. The number of nitrogens with zero attached hydrogens (tertiary/aromatic N) is 2. The molecule has 0 saturated carbocycles. The maximum absolute atomic E-state index is 12.4. The Morgan fingerprint density at radius 2 is 2.04 bits per heavy atom. The van der Waals surface area contributed by atoms with E-state index in [1.807, 2.05) is 6.07 Å². The highest BCUT2D eigenvalue weighted by atomic mass is 79.9. The largest absolute Gasteiger partial charge is 0.444 e. The van der Waals surface area contributed by atoms with Crippen LogP contribution in [0.4, 0.5) is 0 Å². The molecule has 2 aliphatic rings. The van der Waals surface area contributed by atoms with Gasteiger partial charge in [0, 0.05) is 12.6 Å². The van der Waals surface area contributed by atoms with Crippen LogP contribution in [0.1, 0.15) is 22.5 Å². The number of carbonyl (C=O) groups is 1. The van der Waals surface area contributed by atoms with Gasteiger partial charge in [-0.25, -0.2) is 0 Å². The average Bonchev–Trinajstić information content (AvgIpc) is 3.20. The number of hydrogen-bond acceptors (Lipinski definition) is 4. The van der Waals surface area contributed by atoms with Crippen molar-refractivity contribution < 1.29 is 13.9 Å². The van der Waals surface area contributed by atoms with Crippen LogP contribution in [-0.4, -0.2) is 54.1 Å². The highest BCUT2D eigenvalue weighted by molar-refractivity contribution is 9.10. The van der Waals surface area contributed by atoms with Gasteiger partial charge in [0.15, 0.2) is 10.4 Å². The summed E-state index contributed by atoms with van der Waals surface area (Å²) >= 11 is 3.23. The zero-order valence-electron chi connectivity index (χ0n) is 14.2. The first-order valence-electron chi connectivity index (χ1n) is 8.47. The summed E-state index contributed by atoms with van der Waals surface area (Å²) in [6.45, 7) is 2.91. The number of benzene rings is 1.